The van der Waals surface area contributed by atoms with Crippen LogP contribution in [0.15, 0.2) is 29.3 Å². The average Bonchev–Trinajstić information content (AvgIpc) is 2.64. The van der Waals surface area contributed by atoms with Crippen LogP contribution in [-0.2, 0) is 4.74 Å². The van der Waals surface area contributed by atoms with E-state index in [1.165, 1.54) is 12.1 Å². The first-order chi connectivity index (χ1) is 12.6. The van der Waals surface area contributed by atoms with Gasteiger partial charge in [0, 0.05) is 31.7 Å². The molecular formula is C19H31FN4O2. The van der Waals surface area contributed by atoms with Gasteiger partial charge in [-0.05, 0) is 32.9 Å². The number of ether oxygens (including phenoxy) is 2. The van der Waals surface area contributed by atoms with E-state index in [0.717, 1.165) is 38.8 Å². The summed E-state index contributed by atoms with van der Waals surface area (Å²) < 4.78 is 24.4. The largest absolute Gasteiger partial charge is 0.489 e. The first kappa shape index (κ1) is 20.5. The Kier molecular flexibility index (Phi) is 8.64. The Balaban J connectivity index is 1.80. The number of rotatable bonds is 8. The van der Waals surface area contributed by atoms with E-state index in [1.54, 1.807) is 12.1 Å². The normalized spacial score (nSPS) is 18.2. The fraction of sp³-hybridized carbons (Fsp3) is 0.632. The maximum absolute atomic E-state index is 13.2. The molecule has 1 aliphatic rings. The molecule has 0 aliphatic carbocycles. The Bertz CT molecular complexity index is 564. The molecule has 1 fully saturated rings. The van der Waals surface area contributed by atoms with Gasteiger partial charge < -0.3 is 20.1 Å². The molecule has 0 radical (unpaired) electrons. The Morgan fingerprint density at radius 3 is 2.77 bits per heavy atom. The zero-order chi connectivity index (χ0) is 18.8. The first-order valence-corrected chi connectivity index (χ1v) is 9.34. The van der Waals surface area contributed by atoms with E-state index in [1.807, 2.05) is 13.8 Å². The molecule has 2 N–H and O–H groups in total. The van der Waals surface area contributed by atoms with Crippen LogP contribution in [0.25, 0.3) is 0 Å². The molecule has 0 amide bonds. The van der Waals surface area contributed by atoms with E-state index in [-0.39, 0.29) is 11.9 Å². The van der Waals surface area contributed by atoms with E-state index in [2.05, 4.69) is 27.4 Å². The number of halogens is 1. The van der Waals surface area contributed by atoms with Gasteiger partial charge in [-0.25, -0.2) is 4.39 Å². The van der Waals surface area contributed by atoms with E-state index in [0.29, 0.717) is 24.9 Å². The van der Waals surface area contributed by atoms with Crippen molar-refractivity contribution in [2.75, 3.05) is 45.9 Å². The Morgan fingerprint density at radius 1 is 1.31 bits per heavy atom. The van der Waals surface area contributed by atoms with Crippen molar-refractivity contribution in [1.82, 2.24) is 15.5 Å². The van der Waals surface area contributed by atoms with Gasteiger partial charge in [0.2, 0.25) is 0 Å². The minimum absolute atomic E-state index is 0.114. The van der Waals surface area contributed by atoms with Crippen LogP contribution in [0.3, 0.4) is 0 Å². The number of nitrogens with one attached hydrogen (secondary N) is 2. The highest BCUT2D eigenvalue weighted by Gasteiger charge is 2.16. The average molecular weight is 366 g/mol. The minimum Gasteiger partial charge on any atom is -0.489 e. The maximum atomic E-state index is 13.2. The summed E-state index contributed by atoms with van der Waals surface area (Å²) in [5.74, 6) is 0.999. The summed E-state index contributed by atoms with van der Waals surface area (Å²) in [6, 6.07) is 6.56. The third-order valence-corrected chi connectivity index (χ3v) is 4.22. The van der Waals surface area contributed by atoms with Crippen molar-refractivity contribution < 1.29 is 13.9 Å². The van der Waals surface area contributed by atoms with Gasteiger partial charge in [0.15, 0.2) is 5.96 Å². The number of nitrogens with zero attached hydrogens (tertiary/aromatic N) is 2. The molecule has 1 heterocycles. The van der Waals surface area contributed by atoms with Gasteiger partial charge >= 0.3 is 0 Å². The van der Waals surface area contributed by atoms with E-state index < -0.39 is 0 Å². The summed E-state index contributed by atoms with van der Waals surface area (Å²) in [6.45, 7) is 11.8. The van der Waals surface area contributed by atoms with Crippen LogP contribution >= 0.6 is 0 Å². The zero-order valence-corrected chi connectivity index (χ0v) is 16.0. The first-order valence-electron chi connectivity index (χ1n) is 9.34. The predicted molar refractivity (Wildman–Crippen MR) is 102 cm³/mol. The van der Waals surface area contributed by atoms with Crippen molar-refractivity contribution in [3.8, 4) is 5.75 Å². The topological polar surface area (TPSA) is 58.1 Å². The third kappa shape index (κ3) is 7.17. The van der Waals surface area contributed by atoms with E-state index >= 15 is 0 Å². The molecule has 7 heteroatoms. The van der Waals surface area contributed by atoms with Gasteiger partial charge in [-0.1, -0.05) is 6.07 Å². The van der Waals surface area contributed by atoms with Gasteiger partial charge in [-0.3, -0.25) is 9.89 Å². The van der Waals surface area contributed by atoms with Crippen LogP contribution in [0.1, 0.15) is 20.8 Å². The number of hydrogen-bond acceptors (Lipinski definition) is 4. The molecule has 0 saturated carbocycles. The molecular weight excluding hydrogens is 335 g/mol. The van der Waals surface area contributed by atoms with Crippen molar-refractivity contribution >= 4 is 5.96 Å². The lowest BCUT2D eigenvalue weighted by Crippen LogP contribution is -2.45. The molecule has 2 unspecified atom stereocenters. The third-order valence-electron chi connectivity index (χ3n) is 4.22. The lowest BCUT2D eigenvalue weighted by atomic mass is 10.2. The van der Waals surface area contributed by atoms with Crippen LogP contribution in [0.5, 0.6) is 5.75 Å². The van der Waals surface area contributed by atoms with Crippen LogP contribution in [-0.4, -0.2) is 68.9 Å². The van der Waals surface area contributed by atoms with E-state index in [9.17, 15) is 4.39 Å². The molecule has 1 aliphatic heterocycles. The minimum atomic E-state index is -0.297. The van der Waals surface area contributed by atoms with Crippen molar-refractivity contribution in [3.63, 3.8) is 0 Å². The molecule has 0 spiro atoms. The fourth-order valence-corrected chi connectivity index (χ4v) is 2.75. The number of morpholine rings is 1. The Labute approximate surface area is 155 Å². The molecule has 1 saturated heterocycles. The van der Waals surface area contributed by atoms with Crippen molar-refractivity contribution in [3.05, 3.63) is 30.1 Å². The highest BCUT2D eigenvalue weighted by Crippen LogP contribution is 2.13. The Morgan fingerprint density at radius 2 is 2.08 bits per heavy atom. The summed E-state index contributed by atoms with van der Waals surface area (Å²) in [5.41, 5.74) is 0. The van der Waals surface area contributed by atoms with Crippen LogP contribution in [0.2, 0.25) is 0 Å². The number of benzene rings is 1. The summed E-state index contributed by atoms with van der Waals surface area (Å²) in [7, 11) is 0. The fourth-order valence-electron chi connectivity index (χ4n) is 2.75. The Hall–Kier alpha value is -1.86. The zero-order valence-electron chi connectivity index (χ0n) is 16.0. The van der Waals surface area contributed by atoms with Crippen molar-refractivity contribution in [1.29, 1.82) is 0 Å². The van der Waals surface area contributed by atoms with Gasteiger partial charge in [0.05, 0.1) is 26.3 Å². The van der Waals surface area contributed by atoms with Crippen LogP contribution < -0.4 is 15.4 Å². The van der Waals surface area contributed by atoms with Crippen molar-refractivity contribution in [2.45, 2.75) is 32.9 Å². The monoisotopic (exact) mass is 366 g/mol. The second-order valence-corrected chi connectivity index (χ2v) is 6.48. The second-order valence-electron chi connectivity index (χ2n) is 6.48. The van der Waals surface area contributed by atoms with Gasteiger partial charge in [0.25, 0.3) is 0 Å². The summed E-state index contributed by atoms with van der Waals surface area (Å²) >= 11 is 0. The smallest absolute Gasteiger partial charge is 0.191 e. The maximum Gasteiger partial charge on any atom is 0.191 e. The SMILES string of the molecule is CCNC(=NCC(C)N1CCOCC1)NCC(C)Oc1cccc(F)c1. The highest BCUT2D eigenvalue weighted by molar-refractivity contribution is 5.79. The molecule has 6 nitrogen and oxygen atoms in total. The highest BCUT2D eigenvalue weighted by atomic mass is 19.1. The molecule has 2 rings (SSSR count). The van der Waals surface area contributed by atoms with Crippen LogP contribution in [0, 0.1) is 5.82 Å². The lowest BCUT2D eigenvalue weighted by Gasteiger charge is -2.31. The van der Waals surface area contributed by atoms with Gasteiger partial charge in [-0.2, -0.15) is 0 Å². The number of aliphatic imine (C=N–C) groups is 1. The van der Waals surface area contributed by atoms with E-state index in [4.69, 9.17) is 9.47 Å². The molecule has 26 heavy (non-hydrogen) atoms. The van der Waals surface area contributed by atoms with Gasteiger partial charge in [-0.15, -0.1) is 0 Å². The van der Waals surface area contributed by atoms with Crippen molar-refractivity contribution in [2.24, 2.45) is 4.99 Å². The number of hydrogen-bond donors (Lipinski definition) is 2. The molecule has 0 aromatic heterocycles. The quantitative estimate of drug-likeness (QED) is 0.543. The second kappa shape index (κ2) is 11.0. The number of guanidine groups is 1. The predicted octanol–water partition coefficient (Wildman–Crippen LogP) is 1.87. The molecule has 2 atom stereocenters. The standard InChI is InChI=1S/C19H31FN4O2/c1-4-21-19(22-13-15(2)24-8-10-25-11-9-24)23-14-16(3)26-18-7-5-6-17(20)12-18/h5-7,12,15-16H,4,8-11,13-14H2,1-3H3,(H2,21,22,23). The molecule has 1 aromatic carbocycles. The summed E-state index contributed by atoms with van der Waals surface area (Å²) in [5, 5.41) is 6.54. The lowest BCUT2D eigenvalue weighted by molar-refractivity contribution is 0.0220. The molecule has 0 bridgehead atoms. The van der Waals surface area contributed by atoms with Crippen LogP contribution in [0.4, 0.5) is 4.39 Å². The summed E-state index contributed by atoms with van der Waals surface area (Å²) in [6.07, 6.45) is -0.114. The molecule has 1 aromatic rings. The summed E-state index contributed by atoms with van der Waals surface area (Å²) in [4.78, 5) is 7.07. The van der Waals surface area contributed by atoms with Gasteiger partial charge in [0.1, 0.15) is 17.7 Å². The molecule has 146 valence electrons.